The lowest BCUT2D eigenvalue weighted by Crippen LogP contribution is -2.16. The Morgan fingerprint density at radius 2 is 1.40 bits per heavy atom. The molecule has 0 bridgehead atoms. The third-order valence-corrected chi connectivity index (χ3v) is 4.50. The van der Waals surface area contributed by atoms with E-state index in [1.54, 1.807) is 12.1 Å². The van der Waals surface area contributed by atoms with Crippen molar-refractivity contribution in [2.24, 2.45) is 0 Å². The van der Waals surface area contributed by atoms with Crippen LogP contribution in [-0.2, 0) is 10.8 Å². The smallest absolute Gasteiger partial charge is 0.123 e. The zero-order valence-corrected chi connectivity index (χ0v) is 12.8. The van der Waals surface area contributed by atoms with E-state index in [0.29, 0.717) is 0 Å². The van der Waals surface area contributed by atoms with Gasteiger partial charge in [0, 0.05) is 5.41 Å². The number of halogens is 1. The summed E-state index contributed by atoms with van der Waals surface area (Å²) in [6.07, 6.45) is 0. The third kappa shape index (κ3) is 1.80. The van der Waals surface area contributed by atoms with Crippen LogP contribution in [0.3, 0.4) is 0 Å². The van der Waals surface area contributed by atoms with Gasteiger partial charge in [0.05, 0.1) is 0 Å². The van der Waals surface area contributed by atoms with Crippen LogP contribution in [0.1, 0.15) is 51.3 Å². The van der Waals surface area contributed by atoms with E-state index in [1.807, 2.05) is 6.07 Å². The Hall–Kier alpha value is -1.63. The van der Waals surface area contributed by atoms with Gasteiger partial charge >= 0.3 is 0 Å². The molecule has 0 N–H and O–H groups in total. The minimum Gasteiger partial charge on any atom is -0.207 e. The van der Waals surface area contributed by atoms with Gasteiger partial charge in [-0.3, -0.25) is 0 Å². The maximum absolute atomic E-state index is 13.6. The molecule has 1 heteroatoms. The maximum Gasteiger partial charge on any atom is 0.123 e. The molecule has 0 nitrogen and oxygen atoms in total. The first kappa shape index (κ1) is 13.4. The van der Waals surface area contributed by atoms with Crippen LogP contribution in [0.2, 0.25) is 0 Å². The number of fused-ring (bicyclic) bond motifs is 3. The Morgan fingerprint density at radius 3 is 2.00 bits per heavy atom. The van der Waals surface area contributed by atoms with Gasteiger partial charge in [0.15, 0.2) is 0 Å². The monoisotopic (exact) mass is 268 g/mol. The zero-order chi connectivity index (χ0) is 14.7. The summed E-state index contributed by atoms with van der Waals surface area (Å²) in [6.45, 7) is 11.1. The first-order chi connectivity index (χ1) is 9.21. The van der Waals surface area contributed by atoms with Crippen LogP contribution >= 0.6 is 0 Å². The van der Waals surface area contributed by atoms with Crippen molar-refractivity contribution < 1.29 is 4.39 Å². The molecular weight excluding hydrogens is 247 g/mol. The molecule has 0 heterocycles. The van der Waals surface area contributed by atoms with Crippen LogP contribution in [0.25, 0.3) is 11.1 Å². The molecule has 3 rings (SSSR count). The fraction of sp³-hybridized carbons (Fsp3) is 0.368. The van der Waals surface area contributed by atoms with Crippen molar-refractivity contribution in [3.05, 3.63) is 58.9 Å². The van der Waals surface area contributed by atoms with Gasteiger partial charge in [-0.1, -0.05) is 58.9 Å². The first-order valence-corrected chi connectivity index (χ1v) is 7.17. The molecule has 20 heavy (non-hydrogen) atoms. The van der Waals surface area contributed by atoms with Crippen molar-refractivity contribution in [2.75, 3.05) is 0 Å². The van der Waals surface area contributed by atoms with Gasteiger partial charge < -0.3 is 0 Å². The van der Waals surface area contributed by atoms with E-state index in [0.717, 1.165) is 5.56 Å². The topological polar surface area (TPSA) is 0 Å². The molecule has 0 unspecified atom stereocenters. The SMILES string of the molecule is CC(C)(C)c1ccc2c(c1)-c1cc(F)ccc1C2(C)C. The molecule has 0 fully saturated rings. The predicted molar refractivity (Wildman–Crippen MR) is 82.7 cm³/mol. The van der Waals surface area contributed by atoms with E-state index in [2.05, 4.69) is 52.8 Å². The number of rotatable bonds is 0. The molecule has 1 aliphatic rings. The van der Waals surface area contributed by atoms with Crippen LogP contribution in [-0.4, -0.2) is 0 Å². The lowest BCUT2D eigenvalue weighted by molar-refractivity contribution is 0.589. The highest BCUT2D eigenvalue weighted by molar-refractivity contribution is 5.81. The van der Waals surface area contributed by atoms with Crippen molar-refractivity contribution >= 4 is 0 Å². The summed E-state index contributed by atoms with van der Waals surface area (Å²) >= 11 is 0. The van der Waals surface area contributed by atoms with E-state index < -0.39 is 0 Å². The lowest BCUT2D eigenvalue weighted by Gasteiger charge is -2.23. The Morgan fingerprint density at radius 1 is 0.850 bits per heavy atom. The fourth-order valence-electron chi connectivity index (χ4n) is 3.21. The number of hydrogen-bond acceptors (Lipinski definition) is 0. The number of hydrogen-bond donors (Lipinski definition) is 0. The first-order valence-electron chi connectivity index (χ1n) is 7.17. The molecule has 0 saturated heterocycles. The Kier molecular flexibility index (Phi) is 2.63. The molecule has 0 spiro atoms. The van der Waals surface area contributed by atoms with E-state index in [9.17, 15) is 4.39 Å². The standard InChI is InChI=1S/C19H21F/c1-18(2,3)12-6-8-16-14(10-12)15-11-13(20)7-9-17(15)19(16,4)5/h6-11H,1-5H3. The molecule has 1 aliphatic carbocycles. The average Bonchev–Trinajstić information content (AvgIpc) is 2.57. The summed E-state index contributed by atoms with van der Waals surface area (Å²) in [7, 11) is 0. The zero-order valence-electron chi connectivity index (χ0n) is 12.8. The van der Waals surface area contributed by atoms with Gasteiger partial charge in [-0.25, -0.2) is 4.39 Å². The third-order valence-electron chi connectivity index (χ3n) is 4.50. The van der Waals surface area contributed by atoms with Gasteiger partial charge in [0.1, 0.15) is 5.82 Å². The molecule has 0 aliphatic heterocycles. The average molecular weight is 268 g/mol. The maximum atomic E-state index is 13.6. The predicted octanol–water partition coefficient (Wildman–Crippen LogP) is 5.43. The van der Waals surface area contributed by atoms with Crippen molar-refractivity contribution in [1.82, 2.24) is 0 Å². The second-order valence-electron chi connectivity index (χ2n) is 7.33. The molecule has 104 valence electrons. The summed E-state index contributed by atoms with van der Waals surface area (Å²) < 4.78 is 13.6. The van der Waals surface area contributed by atoms with Crippen LogP contribution in [0, 0.1) is 5.82 Å². The molecule has 2 aromatic rings. The van der Waals surface area contributed by atoms with Crippen LogP contribution in [0.4, 0.5) is 4.39 Å². The quantitative estimate of drug-likeness (QED) is 0.597. The molecule has 0 aromatic heterocycles. The van der Waals surface area contributed by atoms with Crippen molar-refractivity contribution in [2.45, 2.75) is 45.4 Å². The van der Waals surface area contributed by atoms with Crippen molar-refractivity contribution in [3.63, 3.8) is 0 Å². The molecule has 0 amide bonds. The van der Waals surface area contributed by atoms with E-state index >= 15 is 0 Å². The van der Waals surface area contributed by atoms with Gasteiger partial charge in [-0.15, -0.1) is 0 Å². The Balaban J connectivity index is 2.30. The van der Waals surface area contributed by atoms with Crippen molar-refractivity contribution in [1.29, 1.82) is 0 Å². The van der Waals surface area contributed by atoms with Gasteiger partial charge in [-0.2, -0.15) is 0 Å². The molecule has 0 atom stereocenters. The summed E-state index contributed by atoms with van der Waals surface area (Å²) in [6, 6.07) is 11.8. The minimum absolute atomic E-state index is 0.0468. The summed E-state index contributed by atoms with van der Waals surface area (Å²) in [5.74, 6) is -0.159. The normalized spacial score (nSPS) is 15.9. The molecule has 2 aromatic carbocycles. The van der Waals surface area contributed by atoms with Gasteiger partial charge in [0.25, 0.3) is 0 Å². The lowest BCUT2D eigenvalue weighted by atomic mass is 9.80. The second kappa shape index (κ2) is 3.94. The highest BCUT2D eigenvalue weighted by atomic mass is 19.1. The van der Waals surface area contributed by atoms with Gasteiger partial charge in [0.2, 0.25) is 0 Å². The summed E-state index contributed by atoms with van der Waals surface area (Å²) in [5.41, 5.74) is 6.12. The Labute approximate surface area is 120 Å². The van der Waals surface area contributed by atoms with E-state index in [-0.39, 0.29) is 16.6 Å². The number of benzene rings is 2. The second-order valence-corrected chi connectivity index (χ2v) is 7.33. The van der Waals surface area contributed by atoms with E-state index in [1.165, 1.54) is 22.3 Å². The highest BCUT2D eigenvalue weighted by Gasteiger charge is 2.36. The molecule has 0 saturated carbocycles. The van der Waals surface area contributed by atoms with E-state index in [4.69, 9.17) is 0 Å². The minimum atomic E-state index is -0.159. The van der Waals surface area contributed by atoms with Crippen LogP contribution < -0.4 is 0 Å². The highest BCUT2D eigenvalue weighted by Crippen LogP contribution is 2.49. The molecule has 0 radical (unpaired) electrons. The summed E-state index contributed by atoms with van der Waals surface area (Å²) in [4.78, 5) is 0. The fourth-order valence-corrected chi connectivity index (χ4v) is 3.21. The summed E-state index contributed by atoms with van der Waals surface area (Å²) in [5, 5.41) is 0. The Bertz CT molecular complexity index is 687. The largest absolute Gasteiger partial charge is 0.207 e. The van der Waals surface area contributed by atoms with Gasteiger partial charge in [-0.05, 0) is 45.4 Å². The van der Waals surface area contributed by atoms with Crippen LogP contribution in [0.5, 0.6) is 0 Å². The van der Waals surface area contributed by atoms with Crippen LogP contribution in [0.15, 0.2) is 36.4 Å². The molecular formula is C19H21F. The van der Waals surface area contributed by atoms with Crippen molar-refractivity contribution in [3.8, 4) is 11.1 Å².